The number of aromatic nitrogens is 4. The van der Waals surface area contributed by atoms with Crippen molar-refractivity contribution in [2.45, 2.75) is 19.3 Å². The third kappa shape index (κ3) is 4.61. The van der Waals surface area contributed by atoms with E-state index in [2.05, 4.69) is 205 Å². The van der Waals surface area contributed by atoms with E-state index < -0.39 is 0 Å². The minimum absolute atomic E-state index is 0.218. The number of hydrogen-bond acceptors (Lipinski definition) is 3. The van der Waals surface area contributed by atoms with Crippen LogP contribution in [0.25, 0.3) is 109 Å². The maximum absolute atomic E-state index is 5.47. The maximum Gasteiger partial charge on any atom is 0.235 e. The van der Waals surface area contributed by atoms with Crippen LogP contribution in [0.1, 0.15) is 25.0 Å². The Bertz CT molecular complexity index is 3740. The highest BCUT2D eigenvalue weighted by atomic mass is 32.1. The van der Waals surface area contributed by atoms with Crippen molar-refractivity contribution < 1.29 is 0 Å². The summed E-state index contributed by atoms with van der Waals surface area (Å²) in [6, 6.07) is 66.1. The highest BCUT2D eigenvalue weighted by molar-refractivity contribution is 7.26. The molecule has 0 N–H and O–H groups in total. The SMILES string of the molecule is CC1(C)c2ccccc2-c2c1c1cc3c(cc1n2-c1ccccc1)c1cc(-c2cccc4c2sc2ccccc24)ccc1n3-c1nc(-c2ccccc2)c2ccccc2n1. The van der Waals surface area contributed by atoms with Crippen LogP contribution in [0.4, 0.5) is 0 Å². The molecule has 4 heterocycles. The zero-order valence-corrected chi connectivity index (χ0v) is 33.8. The largest absolute Gasteiger partial charge is 0.309 e. The minimum atomic E-state index is -0.218. The van der Waals surface area contributed by atoms with Gasteiger partial charge in [-0.1, -0.05) is 147 Å². The van der Waals surface area contributed by atoms with E-state index in [1.54, 1.807) is 0 Å². The van der Waals surface area contributed by atoms with Crippen molar-refractivity contribution in [2.24, 2.45) is 0 Å². The molecule has 0 radical (unpaired) electrons. The average Bonchev–Trinajstić information content (AvgIpc) is 4.01. The third-order valence-electron chi connectivity index (χ3n) is 12.9. The fourth-order valence-corrected chi connectivity index (χ4v) is 11.5. The van der Waals surface area contributed by atoms with Gasteiger partial charge in [0.1, 0.15) is 0 Å². The van der Waals surface area contributed by atoms with E-state index in [1.807, 2.05) is 11.3 Å². The molecule has 0 aliphatic heterocycles. The Morgan fingerprint density at radius 2 is 1.13 bits per heavy atom. The van der Waals surface area contributed by atoms with Gasteiger partial charge in [0, 0.05) is 63.9 Å². The van der Waals surface area contributed by atoms with Crippen LogP contribution in [0, 0.1) is 0 Å². The first kappa shape index (κ1) is 33.6. The molecule has 0 atom stereocenters. The lowest BCUT2D eigenvalue weighted by Gasteiger charge is -2.21. The summed E-state index contributed by atoms with van der Waals surface area (Å²) in [7, 11) is 0. The van der Waals surface area contributed by atoms with E-state index >= 15 is 0 Å². The van der Waals surface area contributed by atoms with Gasteiger partial charge in [0.2, 0.25) is 5.95 Å². The second-order valence-electron chi connectivity index (χ2n) is 16.6. The summed E-state index contributed by atoms with van der Waals surface area (Å²) in [5.41, 5.74) is 14.9. The summed E-state index contributed by atoms with van der Waals surface area (Å²) >= 11 is 1.88. The molecule has 4 aromatic heterocycles. The molecule has 1 aliphatic carbocycles. The summed E-state index contributed by atoms with van der Waals surface area (Å²) in [6.45, 7) is 4.76. The smallest absolute Gasteiger partial charge is 0.235 e. The second kappa shape index (κ2) is 12.3. The van der Waals surface area contributed by atoms with Crippen LogP contribution in [0.5, 0.6) is 0 Å². The van der Waals surface area contributed by atoms with Crippen LogP contribution in [0.3, 0.4) is 0 Å². The molecule has 13 rings (SSSR count). The van der Waals surface area contributed by atoms with E-state index in [1.165, 1.54) is 75.4 Å². The van der Waals surface area contributed by atoms with Gasteiger partial charge in [-0.05, 0) is 70.8 Å². The lowest BCUT2D eigenvalue weighted by Crippen LogP contribution is -2.14. The van der Waals surface area contributed by atoms with Gasteiger partial charge in [-0.3, -0.25) is 4.57 Å². The van der Waals surface area contributed by atoms with Gasteiger partial charge < -0.3 is 4.57 Å². The van der Waals surface area contributed by atoms with Crippen molar-refractivity contribution in [2.75, 3.05) is 0 Å². The molecule has 60 heavy (non-hydrogen) atoms. The Morgan fingerprint density at radius 3 is 2.00 bits per heavy atom. The Morgan fingerprint density at radius 1 is 0.467 bits per heavy atom. The topological polar surface area (TPSA) is 35.6 Å². The first-order valence-electron chi connectivity index (χ1n) is 20.6. The Labute approximate surface area is 350 Å². The molecular weight excluding hydrogens is 749 g/mol. The van der Waals surface area contributed by atoms with Gasteiger partial charge in [-0.15, -0.1) is 11.3 Å². The molecule has 1 aliphatic rings. The number of rotatable bonds is 4. The molecule has 0 amide bonds. The predicted octanol–water partition coefficient (Wildman–Crippen LogP) is 14.7. The summed E-state index contributed by atoms with van der Waals surface area (Å²) in [4.78, 5) is 10.8. The summed E-state index contributed by atoms with van der Waals surface area (Å²) < 4.78 is 7.43. The number of para-hydroxylation sites is 2. The predicted molar refractivity (Wildman–Crippen MR) is 252 cm³/mol. The first-order valence-corrected chi connectivity index (χ1v) is 21.4. The van der Waals surface area contributed by atoms with Crippen molar-refractivity contribution in [3.8, 4) is 45.3 Å². The molecule has 0 bridgehead atoms. The number of nitrogens with zero attached hydrogens (tertiary/aromatic N) is 4. The monoisotopic (exact) mass is 784 g/mol. The number of benzene rings is 8. The first-order chi connectivity index (χ1) is 29.5. The summed E-state index contributed by atoms with van der Waals surface area (Å²) in [6.07, 6.45) is 0. The highest BCUT2D eigenvalue weighted by Gasteiger charge is 2.41. The molecule has 0 fully saturated rings. The van der Waals surface area contributed by atoms with Crippen LogP contribution >= 0.6 is 11.3 Å². The molecule has 5 heteroatoms. The van der Waals surface area contributed by atoms with Gasteiger partial charge in [0.25, 0.3) is 0 Å². The van der Waals surface area contributed by atoms with Gasteiger partial charge >= 0.3 is 0 Å². The highest BCUT2D eigenvalue weighted by Crippen LogP contribution is 2.54. The molecule has 8 aromatic carbocycles. The maximum atomic E-state index is 5.47. The van der Waals surface area contributed by atoms with E-state index in [9.17, 15) is 0 Å². The number of fused-ring (bicyclic) bond motifs is 12. The van der Waals surface area contributed by atoms with E-state index in [0.29, 0.717) is 5.95 Å². The molecule has 0 unspecified atom stereocenters. The van der Waals surface area contributed by atoms with Gasteiger partial charge in [-0.25, -0.2) is 9.97 Å². The van der Waals surface area contributed by atoms with Crippen LogP contribution in [0.15, 0.2) is 182 Å². The van der Waals surface area contributed by atoms with Gasteiger partial charge in [0.05, 0.1) is 33.5 Å². The Hall–Kier alpha value is -7.34. The van der Waals surface area contributed by atoms with Crippen LogP contribution in [-0.4, -0.2) is 19.1 Å². The lowest BCUT2D eigenvalue weighted by atomic mass is 9.81. The molecule has 0 saturated heterocycles. The van der Waals surface area contributed by atoms with E-state index in [-0.39, 0.29) is 5.41 Å². The third-order valence-corrected chi connectivity index (χ3v) is 14.1. The quantitative estimate of drug-likeness (QED) is 0.178. The number of thiophene rings is 1. The minimum Gasteiger partial charge on any atom is -0.309 e. The average molecular weight is 785 g/mol. The van der Waals surface area contributed by atoms with E-state index in [0.717, 1.165) is 38.9 Å². The fourth-order valence-electron chi connectivity index (χ4n) is 10.2. The molecule has 0 saturated carbocycles. The standard InChI is InChI=1S/C55H36N4S/c1-55(2)44-25-12-9-21-39(44)52-50(55)43-32-47-42(31-48(43)58(52)35-18-7-4-8-19-35)41-30-34(36-23-15-24-38-37-20-11-14-27-49(37)60-53(36)38)28-29-46(41)59(47)54-56-45-26-13-10-22-40(45)51(57-54)33-16-5-3-6-17-33/h3-32H,1-2H3. The normalized spacial score (nSPS) is 13.3. The Kier molecular flexibility index (Phi) is 6.91. The van der Waals surface area contributed by atoms with Gasteiger partial charge in [0.15, 0.2) is 0 Å². The van der Waals surface area contributed by atoms with Crippen molar-refractivity contribution in [3.63, 3.8) is 0 Å². The second-order valence-corrected chi connectivity index (χ2v) is 17.6. The molecule has 12 aromatic rings. The van der Waals surface area contributed by atoms with Crippen molar-refractivity contribution in [1.29, 1.82) is 0 Å². The lowest BCUT2D eigenvalue weighted by molar-refractivity contribution is 0.666. The molecule has 0 spiro atoms. The van der Waals surface area contributed by atoms with Crippen LogP contribution in [-0.2, 0) is 5.41 Å². The van der Waals surface area contributed by atoms with Crippen LogP contribution < -0.4 is 0 Å². The summed E-state index contributed by atoms with van der Waals surface area (Å²) in [5, 5.41) is 7.22. The van der Waals surface area contributed by atoms with Crippen molar-refractivity contribution in [1.82, 2.24) is 19.1 Å². The number of hydrogen-bond donors (Lipinski definition) is 0. The van der Waals surface area contributed by atoms with Gasteiger partial charge in [-0.2, -0.15) is 0 Å². The molecular formula is C55H36N4S. The summed E-state index contributed by atoms with van der Waals surface area (Å²) in [5.74, 6) is 0.660. The van der Waals surface area contributed by atoms with E-state index in [4.69, 9.17) is 9.97 Å². The fraction of sp³-hybridized carbons (Fsp3) is 0.0545. The van der Waals surface area contributed by atoms with Crippen molar-refractivity contribution >= 4 is 75.1 Å². The van der Waals surface area contributed by atoms with Crippen molar-refractivity contribution in [3.05, 3.63) is 193 Å². The molecule has 282 valence electrons. The zero-order chi connectivity index (χ0) is 39.7. The van der Waals surface area contributed by atoms with Crippen LogP contribution in [0.2, 0.25) is 0 Å². The Balaban J connectivity index is 1.17. The zero-order valence-electron chi connectivity index (χ0n) is 33.0. The molecule has 4 nitrogen and oxygen atoms in total.